The van der Waals surface area contributed by atoms with Gasteiger partial charge in [0.1, 0.15) is 6.04 Å². The molecule has 0 bridgehead atoms. The fraction of sp³-hybridized carbons (Fsp3) is 0.923. The van der Waals surface area contributed by atoms with Gasteiger partial charge in [0.15, 0.2) is 0 Å². The highest BCUT2D eigenvalue weighted by atomic mass is 16.4. The van der Waals surface area contributed by atoms with Gasteiger partial charge in [0.05, 0.1) is 0 Å². The molecular formula is C13H25NO2. The highest BCUT2D eigenvalue weighted by Crippen LogP contribution is 2.38. The van der Waals surface area contributed by atoms with Crippen molar-refractivity contribution < 1.29 is 9.90 Å². The first-order valence-electron chi connectivity index (χ1n) is 6.55. The first-order valence-corrected chi connectivity index (χ1v) is 6.55. The minimum atomic E-state index is -0.644. The molecule has 0 aromatic rings. The average Bonchev–Trinajstić information content (AvgIpc) is 2.21. The maximum Gasteiger partial charge on any atom is 0.320 e. The Balaban J connectivity index is 2.48. The Morgan fingerprint density at radius 3 is 2.25 bits per heavy atom. The number of hydrogen-bond acceptors (Lipinski definition) is 2. The molecule has 1 N–H and O–H groups in total. The van der Waals surface area contributed by atoms with E-state index >= 15 is 0 Å². The Hall–Kier alpha value is -0.570. The highest BCUT2D eigenvalue weighted by Gasteiger charge is 2.44. The summed E-state index contributed by atoms with van der Waals surface area (Å²) in [5.74, 6) is -0.644. The van der Waals surface area contributed by atoms with Gasteiger partial charge in [0.25, 0.3) is 0 Å². The van der Waals surface area contributed by atoms with Crippen molar-refractivity contribution in [2.45, 2.75) is 58.9 Å². The van der Waals surface area contributed by atoms with E-state index in [2.05, 4.69) is 25.7 Å². The van der Waals surface area contributed by atoms with Gasteiger partial charge in [-0.15, -0.1) is 0 Å². The standard InChI is InChI=1S/C13H25NO2/c1-4-7-8-11(12(15)16)14-9-13(5-2,6-3)10-14/h11H,4-10H2,1-3H3,(H,15,16). The molecule has 0 aliphatic carbocycles. The fourth-order valence-electron chi connectivity index (χ4n) is 2.59. The van der Waals surface area contributed by atoms with E-state index in [0.717, 1.165) is 32.4 Å². The Morgan fingerprint density at radius 2 is 1.88 bits per heavy atom. The van der Waals surface area contributed by atoms with Crippen LogP contribution in [0.1, 0.15) is 52.9 Å². The lowest BCUT2D eigenvalue weighted by Crippen LogP contribution is -2.61. The van der Waals surface area contributed by atoms with Crippen LogP contribution in [0.5, 0.6) is 0 Å². The van der Waals surface area contributed by atoms with Gasteiger partial charge in [-0.1, -0.05) is 33.6 Å². The lowest BCUT2D eigenvalue weighted by Gasteiger charge is -2.52. The summed E-state index contributed by atoms with van der Waals surface area (Å²) in [6.45, 7) is 8.48. The van der Waals surface area contributed by atoms with Gasteiger partial charge in [-0.3, -0.25) is 9.69 Å². The maximum absolute atomic E-state index is 11.2. The number of carboxylic acids is 1. The molecule has 0 saturated carbocycles. The second-order valence-corrected chi connectivity index (χ2v) is 5.11. The highest BCUT2D eigenvalue weighted by molar-refractivity contribution is 5.73. The van der Waals surface area contributed by atoms with Gasteiger partial charge in [-0.2, -0.15) is 0 Å². The van der Waals surface area contributed by atoms with Crippen LogP contribution in [0.25, 0.3) is 0 Å². The Kier molecular flexibility index (Phi) is 4.78. The molecule has 0 aromatic heterocycles. The molecule has 0 radical (unpaired) electrons. The molecule has 0 spiro atoms. The molecule has 1 rings (SSSR count). The number of likely N-dealkylation sites (tertiary alicyclic amines) is 1. The number of nitrogens with zero attached hydrogens (tertiary/aromatic N) is 1. The third-order valence-electron chi connectivity index (χ3n) is 4.13. The second kappa shape index (κ2) is 5.67. The number of aliphatic carboxylic acids is 1. The molecule has 16 heavy (non-hydrogen) atoms. The van der Waals surface area contributed by atoms with E-state index < -0.39 is 5.97 Å². The number of carboxylic acid groups (broad SMARTS) is 1. The van der Waals surface area contributed by atoms with Crippen LogP contribution in [0.3, 0.4) is 0 Å². The Morgan fingerprint density at radius 1 is 1.31 bits per heavy atom. The van der Waals surface area contributed by atoms with E-state index in [-0.39, 0.29) is 6.04 Å². The fourth-order valence-corrected chi connectivity index (χ4v) is 2.59. The Labute approximate surface area is 98.8 Å². The molecule has 1 heterocycles. The normalized spacial score (nSPS) is 21.4. The molecule has 0 aromatic carbocycles. The van der Waals surface area contributed by atoms with Crippen molar-refractivity contribution in [3.05, 3.63) is 0 Å². The molecule has 3 heteroatoms. The van der Waals surface area contributed by atoms with Crippen LogP contribution in [0.4, 0.5) is 0 Å². The molecule has 3 nitrogen and oxygen atoms in total. The van der Waals surface area contributed by atoms with Crippen LogP contribution in [0, 0.1) is 5.41 Å². The van der Waals surface area contributed by atoms with E-state index in [4.69, 9.17) is 0 Å². The van der Waals surface area contributed by atoms with Crippen LogP contribution >= 0.6 is 0 Å². The van der Waals surface area contributed by atoms with E-state index in [0.29, 0.717) is 5.41 Å². The van der Waals surface area contributed by atoms with Gasteiger partial charge in [0, 0.05) is 13.1 Å². The zero-order chi connectivity index (χ0) is 12.2. The molecule has 1 aliphatic heterocycles. The summed E-state index contributed by atoms with van der Waals surface area (Å²) < 4.78 is 0. The summed E-state index contributed by atoms with van der Waals surface area (Å²) in [4.78, 5) is 13.3. The molecule has 1 unspecified atom stereocenters. The van der Waals surface area contributed by atoms with Gasteiger partial charge < -0.3 is 5.11 Å². The molecule has 1 fully saturated rings. The number of rotatable bonds is 7. The van der Waals surface area contributed by atoms with E-state index in [1.54, 1.807) is 0 Å². The van der Waals surface area contributed by atoms with Crippen molar-refractivity contribution in [1.29, 1.82) is 0 Å². The molecule has 1 atom stereocenters. The monoisotopic (exact) mass is 227 g/mol. The van der Waals surface area contributed by atoms with Crippen LogP contribution in [-0.2, 0) is 4.79 Å². The summed E-state index contributed by atoms with van der Waals surface area (Å²) in [5.41, 5.74) is 0.403. The molecule has 1 saturated heterocycles. The zero-order valence-corrected chi connectivity index (χ0v) is 10.8. The summed E-state index contributed by atoms with van der Waals surface area (Å²) in [6, 6.07) is -0.244. The van der Waals surface area contributed by atoms with Crippen LogP contribution in [0.15, 0.2) is 0 Å². The van der Waals surface area contributed by atoms with E-state index in [1.165, 1.54) is 12.8 Å². The summed E-state index contributed by atoms with van der Waals surface area (Å²) >= 11 is 0. The van der Waals surface area contributed by atoms with Crippen molar-refractivity contribution in [3.8, 4) is 0 Å². The minimum Gasteiger partial charge on any atom is -0.480 e. The van der Waals surface area contributed by atoms with Crippen molar-refractivity contribution in [2.24, 2.45) is 5.41 Å². The SMILES string of the molecule is CCCCC(C(=O)O)N1CC(CC)(CC)C1. The number of carbonyl (C=O) groups is 1. The summed E-state index contributed by atoms with van der Waals surface area (Å²) in [5, 5.41) is 9.21. The molecule has 0 amide bonds. The Bertz CT molecular complexity index is 228. The van der Waals surface area contributed by atoms with Crippen molar-refractivity contribution >= 4 is 5.97 Å². The maximum atomic E-state index is 11.2. The zero-order valence-electron chi connectivity index (χ0n) is 10.8. The predicted molar refractivity (Wildman–Crippen MR) is 65.5 cm³/mol. The van der Waals surface area contributed by atoms with Crippen LogP contribution < -0.4 is 0 Å². The third kappa shape index (κ3) is 2.76. The second-order valence-electron chi connectivity index (χ2n) is 5.11. The molecule has 1 aliphatic rings. The van der Waals surface area contributed by atoms with Crippen molar-refractivity contribution in [1.82, 2.24) is 4.90 Å². The van der Waals surface area contributed by atoms with Crippen molar-refractivity contribution in [2.75, 3.05) is 13.1 Å². The van der Waals surface area contributed by atoms with Gasteiger partial charge in [-0.05, 0) is 24.7 Å². The molecular weight excluding hydrogens is 202 g/mol. The number of unbranched alkanes of at least 4 members (excludes halogenated alkanes) is 1. The van der Waals surface area contributed by atoms with Crippen LogP contribution in [-0.4, -0.2) is 35.1 Å². The topological polar surface area (TPSA) is 40.5 Å². The summed E-state index contributed by atoms with van der Waals surface area (Å²) in [7, 11) is 0. The van der Waals surface area contributed by atoms with Crippen molar-refractivity contribution in [3.63, 3.8) is 0 Å². The molecule has 94 valence electrons. The smallest absolute Gasteiger partial charge is 0.320 e. The first-order chi connectivity index (χ1) is 7.58. The van der Waals surface area contributed by atoms with Crippen LogP contribution in [0.2, 0.25) is 0 Å². The first kappa shape index (κ1) is 13.5. The average molecular weight is 227 g/mol. The van der Waals surface area contributed by atoms with E-state index in [1.807, 2.05) is 0 Å². The third-order valence-corrected chi connectivity index (χ3v) is 4.13. The summed E-state index contributed by atoms with van der Waals surface area (Å²) in [6.07, 6.45) is 5.22. The quantitative estimate of drug-likeness (QED) is 0.727. The predicted octanol–water partition coefficient (Wildman–Crippen LogP) is 2.75. The minimum absolute atomic E-state index is 0.244. The number of hydrogen-bond donors (Lipinski definition) is 1. The van der Waals surface area contributed by atoms with Gasteiger partial charge in [-0.25, -0.2) is 0 Å². The van der Waals surface area contributed by atoms with Gasteiger partial charge in [0.2, 0.25) is 0 Å². The largest absolute Gasteiger partial charge is 0.480 e. The van der Waals surface area contributed by atoms with E-state index in [9.17, 15) is 9.90 Å². The lowest BCUT2D eigenvalue weighted by atomic mass is 9.74. The van der Waals surface area contributed by atoms with Gasteiger partial charge >= 0.3 is 5.97 Å². The lowest BCUT2D eigenvalue weighted by molar-refractivity contribution is -0.150.